The van der Waals surface area contributed by atoms with Gasteiger partial charge in [-0.25, -0.2) is 18.7 Å². The predicted molar refractivity (Wildman–Crippen MR) is 82.3 cm³/mol. The van der Waals surface area contributed by atoms with Crippen molar-refractivity contribution in [2.45, 2.75) is 25.5 Å². The van der Waals surface area contributed by atoms with Crippen molar-refractivity contribution in [3.63, 3.8) is 0 Å². The molecule has 7 heteroatoms. The van der Waals surface area contributed by atoms with Gasteiger partial charge in [-0.2, -0.15) is 0 Å². The fourth-order valence-corrected chi connectivity index (χ4v) is 2.68. The van der Waals surface area contributed by atoms with Gasteiger partial charge in [0, 0.05) is 31.3 Å². The number of halogens is 3. The Morgan fingerprint density at radius 1 is 1.17 bits per heavy atom. The highest BCUT2D eigenvalue weighted by atomic mass is 35.5. The average molecular weight is 340 g/mol. The molecule has 0 N–H and O–H groups in total. The van der Waals surface area contributed by atoms with E-state index in [-0.39, 0.29) is 6.10 Å². The van der Waals surface area contributed by atoms with Gasteiger partial charge < -0.3 is 4.74 Å². The lowest BCUT2D eigenvalue weighted by Crippen LogP contribution is -2.38. The molecule has 1 aliphatic heterocycles. The van der Waals surface area contributed by atoms with Crippen molar-refractivity contribution >= 4 is 11.6 Å². The van der Waals surface area contributed by atoms with Crippen LogP contribution in [0.5, 0.6) is 6.01 Å². The minimum Gasteiger partial charge on any atom is -0.460 e. The van der Waals surface area contributed by atoms with Crippen LogP contribution in [-0.2, 0) is 6.54 Å². The lowest BCUT2D eigenvalue weighted by Gasteiger charge is -2.31. The lowest BCUT2D eigenvalue weighted by molar-refractivity contribution is 0.0887. The van der Waals surface area contributed by atoms with Crippen molar-refractivity contribution in [2.24, 2.45) is 0 Å². The standard InChI is InChI=1S/C16H16ClF2N3O/c17-12-8-20-16(21-9-12)23-14-3-5-22(6-4-14)10-11-1-2-13(18)7-15(11)19/h1-2,7-9,14H,3-6,10H2. The molecule has 0 spiro atoms. The van der Waals surface area contributed by atoms with E-state index < -0.39 is 11.6 Å². The summed E-state index contributed by atoms with van der Waals surface area (Å²) in [5, 5.41) is 0.466. The van der Waals surface area contributed by atoms with E-state index in [1.54, 1.807) is 0 Å². The van der Waals surface area contributed by atoms with Crippen LogP contribution < -0.4 is 4.74 Å². The summed E-state index contributed by atoms with van der Waals surface area (Å²) in [5.74, 6) is -1.06. The van der Waals surface area contributed by atoms with Crippen molar-refractivity contribution in [1.29, 1.82) is 0 Å². The Bertz CT molecular complexity index is 661. The molecule has 1 aromatic heterocycles. The van der Waals surface area contributed by atoms with Crippen LogP contribution in [0.25, 0.3) is 0 Å². The molecule has 1 aromatic carbocycles. The second-order valence-electron chi connectivity index (χ2n) is 5.51. The van der Waals surface area contributed by atoms with E-state index in [9.17, 15) is 8.78 Å². The van der Waals surface area contributed by atoms with Crippen LogP contribution in [-0.4, -0.2) is 34.1 Å². The Morgan fingerprint density at radius 3 is 2.52 bits per heavy atom. The Labute approximate surface area is 138 Å². The van der Waals surface area contributed by atoms with E-state index in [2.05, 4.69) is 14.9 Å². The largest absolute Gasteiger partial charge is 0.460 e. The van der Waals surface area contributed by atoms with E-state index in [1.807, 2.05) is 0 Å². The van der Waals surface area contributed by atoms with E-state index in [0.29, 0.717) is 23.1 Å². The summed E-state index contributed by atoms with van der Waals surface area (Å²) in [6.45, 7) is 2.01. The van der Waals surface area contributed by atoms with Gasteiger partial charge in [-0.3, -0.25) is 4.90 Å². The Kier molecular flexibility index (Phi) is 5.03. The topological polar surface area (TPSA) is 38.2 Å². The summed E-state index contributed by atoms with van der Waals surface area (Å²) < 4.78 is 32.3. The zero-order valence-corrected chi connectivity index (χ0v) is 13.1. The van der Waals surface area contributed by atoms with Crippen molar-refractivity contribution in [1.82, 2.24) is 14.9 Å². The summed E-state index contributed by atoms with van der Waals surface area (Å²) in [7, 11) is 0. The maximum absolute atomic E-state index is 13.7. The second-order valence-corrected chi connectivity index (χ2v) is 5.95. The second kappa shape index (κ2) is 7.19. The SMILES string of the molecule is Fc1ccc(CN2CCC(Oc3ncc(Cl)cn3)CC2)c(F)c1. The molecule has 0 unspecified atom stereocenters. The molecular weight excluding hydrogens is 324 g/mol. The molecular formula is C16H16ClF2N3O. The van der Waals surface area contributed by atoms with Gasteiger partial charge in [0.25, 0.3) is 0 Å². The maximum Gasteiger partial charge on any atom is 0.316 e. The van der Waals surface area contributed by atoms with Gasteiger partial charge in [0.15, 0.2) is 0 Å². The third kappa shape index (κ3) is 4.36. The number of hydrogen-bond acceptors (Lipinski definition) is 4. The zero-order chi connectivity index (χ0) is 16.2. The smallest absolute Gasteiger partial charge is 0.316 e. The molecule has 122 valence electrons. The van der Waals surface area contributed by atoms with E-state index in [4.69, 9.17) is 16.3 Å². The van der Waals surface area contributed by atoms with Gasteiger partial charge in [-0.1, -0.05) is 17.7 Å². The lowest BCUT2D eigenvalue weighted by atomic mass is 10.1. The van der Waals surface area contributed by atoms with Gasteiger partial charge in [0.05, 0.1) is 17.4 Å². The molecule has 1 fully saturated rings. The monoisotopic (exact) mass is 339 g/mol. The minimum atomic E-state index is -0.554. The molecule has 3 rings (SSSR count). The molecule has 0 atom stereocenters. The normalized spacial score (nSPS) is 16.5. The molecule has 0 radical (unpaired) electrons. The molecule has 2 heterocycles. The molecule has 0 bridgehead atoms. The fraction of sp³-hybridized carbons (Fsp3) is 0.375. The van der Waals surface area contributed by atoms with Crippen LogP contribution in [0, 0.1) is 11.6 Å². The quantitative estimate of drug-likeness (QED) is 0.855. The first kappa shape index (κ1) is 16.1. The number of nitrogens with zero attached hydrogens (tertiary/aromatic N) is 3. The molecule has 0 saturated carbocycles. The number of hydrogen-bond donors (Lipinski definition) is 0. The van der Waals surface area contributed by atoms with Gasteiger partial charge >= 0.3 is 6.01 Å². The van der Waals surface area contributed by atoms with E-state index in [1.165, 1.54) is 24.5 Å². The van der Waals surface area contributed by atoms with Gasteiger partial charge in [0.1, 0.15) is 17.7 Å². The van der Waals surface area contributed by atoms with Gasteiger partial charge in [0.2, 0.25) is 0 Å². The first-order valence-corrected chi connectivity index (χ1v) is 7.78. The van der Waals surface area contributed by atoms with Crippen molar-refractivity contribution in [2.75, 3.05) is 13.1 Å². The summed E-state index contributed by atoms with van der Waals surface area (Å²) >= 11 is 5.73. The van der Waals surface area contributed by atoms with Crippen LogP contribution in [0.15, 0.2) is 30.6 Å². The molecule has 0 aliphatic carbocycles. The maximum atomic E-state index is 13.7. The highest BCUT2D eigenvalue weighted by molar-refractivity contribution is 6.30. The van der Waals surface area contributed by atoms with Crippen LogP contribution in [0.1, 0.15) is 18.4 Å². The minimum absolute atomic E-state index is 0.0329. The number of likely N-dealkylation sites (tertiary alicyclic amines) is 1. The van der Waals surface area contributed by atoms with Crippen LogP contribution in [0.4, 0.5) is 8.78 Å². The van der Waals surface area contributed by atoms with Crippen LogP contribution in [0.3, 0.4) is 0 Å². The number of rotatable bonds is 4. The molecule has 23 heavy (non-hydrogen) atoms. The summed E-state index contributed by atoms with van der Waals surface area (Å²) in [6, 6.07) is 4.02. The van der Waals surface area contributed by atoms with E-state index in [0.717, 1.165) is 32.0 Å². The molecule has 2 aromatic rings. The third-order valence-corrected chi connectivity index (χ3v) is 4.01. The number of ether oxygens (including phenoxy) is 1. The molecule has 4 nitrogen and oxygen atoms in total. The zero-order valence-electron chi connectivity index (χ0n) is 12.4. The molecule has 0 amide bonds. The predicted octanol–water partition coefficient (Wildman–Crippen LogP) is 3.45. The van der Waals surface area contributed by atoms with Crippen molar-refractivity contribution in [3.8, 4) is 6.01 Å². The highest BCUT2D eigenvalue weighted by Crippen LogP contribution is 2.19. The molecule has 1 aliphatic rings. The first-order chi connectivity index (χ1) is 11.1. The summed E-state index contributed by atoms with van der Waals surface area (Å²) in [6.07, 6.45) is 4.63. The summed E-state index contributed by atoms with van der Waals surface area (Å²) in [5.41, 5.74) is 0.506. The Balaban J connectivity index is 1.51. The number of piperidine rings is 1. The fourth-order valence-electron chi connectivity index (χ4n) is 2.59. The van der Waals surface area contributed by atoms with Crippen molar-refractivity contribution in [3.05, 3.63) is 52.8 Å². The number of benzene rings is 1. The Morgan fingerprint density at radius 2 is 1.87 bits per heavy atom. The highest BCUT2D eigenvalue weighted by Gasteiger charge is 2.22. The molecule has 1 saturated heterocycles. The van der Waals surface area contributed by atoms with Crippen molar-refractivity contribution < 1.29 is 13.5 Å². The Hall–Kier alpha value is -1.79. The van der Waals surface area contributed by atoms with Crippen LogP contribution >= 0.6 is 11.6 Å². The van der Waals surface area contributed by atoms with Crippen LogP contribution in [0.2, 0.25) is 5.02 Å². The first-order valence-electron chi connectivity index (χ1n) is 7.40. The van der Waals surface area contributed by atoms with Gasteiger partial charge in [-0.05, 0) is 18.9 Å². The van der Waals surface area contributed by atoms with Gasteiger partial charge in [-0.15, -0.1) is 0 Å². The third-order valence-electron chi connectivity index (χ3n) is 3.81. The summed E-state index contributed by atoms with van der Waals surface area (Å²) in [4.78, 5) is 10.2. The number of aromatic nitrogens is 2. The average Bonchev–Trinajstić information content (AvgIpc) is 2.54. The van der Waals surface area contributed by atoms with E-state index >= 15 is 0 Å².